The number of hydrogen-bond donors (Lipinski definition) is 1. The normalized spacial score (nSPS) is 28.5. The third kappa shape index (κ3) is 3.49. The van der Waals surface area contributed by atoms with Crippen LogP contribution in [0.15, 0.2) is 23.1 Å². The van der Waals surface area contributed by atoms with E-state index in [1.807, 2.05) is 7.05 Å². The standard InChI is InChI=1S/C18H32N2O2/c1-6-20(9-10-21-4)15-8-7-14-11-16(19-3)17(22-5)13-18(14,2)12-15/h11,15,19H,6-10,12-13H2,1-5H3. The molecule has 2 aliphatic rings. The first-order valence-corrected chi connectivity index (χ1v) is 8.47. The molecule has 0 bridgehead atoms. The van der Waals surface area contributed by atoms with Crippen molar-refractivity contribution in [2.45, 2.75) is 45.6 Å². The van der Waals surface area contributed by atoms with Crippen LogP contribution in [0, 0.1) is 5.41 Å². The zero-order valence-electron chi connectivity index (χ0n) is 14.9. The highest BCUT2D eigenvalue weighted by atomic mass is 16.5. The molecule has 4 heteroatoms. The van der Waals surface area contributed by atoms with E-state index in [-0.39, 0.29) is 5.41 Å². The quantitative estimate of drug-likeness (QED) is 0.784. The highest BCUT2D eigenvalue weighted by molar-refractivity contribution is 5.36. The number of fused-ring (bicyclic) bond motifs is 1. The van der Waals surface area contributed by atoms with Crippen molar-refractivity contribution in [3.05, 3.63) is 23.1 Å². The summed E-state index contributed by atoms with van der Waals surface area (Å²) in [7, 11) is 5.54. The molecule has 0 saturated heterocycles. The van der Waals surface area contributed by atoms with E-state index in [1.54, 1.807) is 19.8 Å². The molecule has 4 nitrogen and oxygen atoms in total. The lowest BCUT2D eigenvalue weighted by molar-refractivity contribution is 0.0800. The third-order valence-electron chi connectivity index (χ3n) is 5.40. The van der Waals surface area contributed by atoms with Crippen LogP contribution < -0.4 is 5.32 Å². The van der Waals surface area contributed by atoms with Gasteiger partial charge in [0.15, 0.2) is 0 Å². The lowest BCUT2D eigenvalue weighted by atomic mass is 9.65. The van der Waals surface area contributed by atoms with Crippen LogP contribution in [0.3, 0.4) is 0 Å². The summed E-state index contributed by atoms with van der Waals surface area (Å²) in [5.74, 6) is 1.09. The van der Waals surface area contributed by atoms with E-state index in [1.165, 1.54) is 19.3 Å². The summed E-state index contributed by atoms with van der Waals surface area (Å²) in [6.07, 6.45) is 6.97. The van der Waals surface area contributed by atoms with Gasteiger partial charge in [-0.2, -0.15) is 0 Å². The maximum absolute atomic E-state index is 5.63. The molecule has 0 radical (unpaired) electrons. The Morgan fingerprint density at radius 1 is 1.41 bits per heavy atom. The summed E-state index contributed by atoms with van der Waals surface area (Å²) in [4.78, 5) is 2.58. The summed E-state index contributed by atoms with van der Waals surface area (Å²) >= 11 is 0. The molecule has 126 valence electrons. The molecule has 0 heterocycles. The number of nitrogens with zero attached hydrogens (tertiary/aromatic N) is 1. The van der Waals surface area contributed by atoms with E-state index >= 15 is 0 Å². The smallest absolute Gasteiger partial charge is 0.119 e. The Bertz CT molecular complexity index is 444. The molecular formula is C18H32N2O2. The molecule has 22 heavy (non-hydrogen) atoms. The molecule has 2 unspecified atom stereocenters. The van der Waals surface area contributed by atoms with Gasteiger partial charge in [-0.1, -0.05) is 19.4 Å². The van der Waals surface area contributed by atoms with Gasteiger partial charge in [-0.05, 0) is 37.3 Å². The second-order valence-corrected chi connectivity index (χ2v) is 6.72. The molecule has 0 amide bonds. The number of likely N-dealkylation sites (N-methyl/N-ethyl adjacent to an activating group) is 2. The van der Waals surface area contributed by atoms with E-state index in [9.17, 15) is 0 Å². The fraction of sp³-hybridized carbons (Fsp3) is 0.778. The number of rotatable bonds is 7. The predicted octanol–water partition coefficient (Wildman–Crippen LogP) is 2.92. The summed E-state index contributed by atoms with van der Waals surface area (Å²) < 4.78 is 10.9. The molecule has 1 N–H and O–H groups in total. The molecule has 2 aliphatic carbocycles. The van der Waals surface area contributed by atoms with Gasteiger partial charge in [-0.3, -0.25) is 4.90 Å². The molecule has 0 aliphatic heterocycles. The fourth-order valence-corrected chi connectivity index (χ4v) is 4.03. The van der Waals surface area contributed by atoms with Crippen LogP contribution in [0.1, 0.15) is 39.5 Å². The molecule has 0 aromatic carbocycles. The zero-order chi connectivity index (χ0) is 16.2. The second kappa shape index (κ2) is 7.51. The van der Waals surface area contributed by atoms with Gasteiger partial charge in [0.05, 0.1) is 19.4 Å². The molecule has 0 aromatic rings. The number of nitrogens with one attached hydrogen (secondary N) is 1. The molecule has 0 spiro atoms. The van der Waals surface area contributed by atoms with Crippen molar-refractivity contribution in [2.24, 2.45) is 5.41 Å². The van der Waals surface area contributed by atoms with Crippen LogP contribution in [-0.2, 0) is 9.47 Å². The van der Waals surface area contributed by atoms with Gasteiger partial charge in [0.2, 0.25) is 0 Å². The summed E-state index contributed by atoms with van der Waals surface area (Å²) in [5, 5.41) is 3.28. The van der Waals surface area contributed by atoms with E-state index in [0.29, 0.717) is 6.04 Å². The Labute approximate surface area is 135 Å². The molecule has 1 saturated carbocycles. The van der Waals surface area contributed by atoms with Gasteiger partial charge in [0.25, 0.3) is 0 Å². The van der Waals surface area contributed by atoms with Crippen molar-refractivity contribution >= 4 is 0 Å². The Balaban J connectivity index is 2.13. The van der Waals surface area contributed by atoms with Crippen LogP contribution in [0.2, 0.25) is 0 Å². The predicted molar refractivity (Wildman–Crippen MR) is 90.7 cm³/mol. The van der Waals surface area contributed by atoms with Crippen molar-refractivity contribution in [1.82, 2.24) is 10.2 Å². The number of ether oxygens (including phenoxy) is 2. The third-order valence-corrected chi connectivity index (χ3v) is 5.40. The lowest BCUT2D eigenvalue weighted by Gasteiger charge is -2.46. The molecule has 2 atom stereocenters. The van der Waals surface area contributed by atoms with Crippen molar-refractivity contribution in [2.75, 3.05) is 41.0 Å². The molecule has 2 rings (SSSR count). The van der Waals surface area contributed by atoms with E-state index in [2.05, 4.69) is 30.1 Å². The largest absolute Gasteiger partial charge is 0.499 e. The minimum absolute atomic E-state index is 0.231. The van der Waals surface area contributed by atoms with E-state index in [0.717, 1.165) is 37.6 Å². The number of allylic oxidation sites excluding steroid dienone is 3. The highest BCUT2D eigenvalue weighted by Crippen LogP contribution is 2.49. The zero-order valence-corrected chi connectivity index (χ0v) is 14.9. The fourth-order valence-electron chi connectivity index (χ4n) is 4.03. The van der Waals surface area contributed by atoms with Crippen LogP contribution in [-0.4, -0.2) is 51.9 Å². The van der Waals surface area contributed by atoms with Gasteiger partial charge in [-0.15, -0.1) is 0 Å². The Hall–Kier alpha value is -1.00. The van der Waals surface area contributed by atoms with Gasteiger partial charge in [0, 0.05) is 33.2 Å². The van der Waals surface area contributed by atoms with Crippen LogP contribution >= 0.6 is 0 Å². The maximum Gasteiger partial charge on any atom is 0.119 e. The molecule has 1 fully saturated rings. The van der Waals surface area contributed by atoms with Crippen molar-refractivity contribution in [3.63, 3.8) is 0 Å². The minimum atomic E-state index is 0.231. The van der Waals surface area contributed by atoms with Gasteiger partial charge in [-0.25, -0.2) is 0 Å². The first-order chi connectivity index (χ1) is 10.6. The van der Waals surface area contributed by atoms with Crippen molar-refractivity contribution < 1.29 is 9.47 Å². The lowest BCUT2D eigenvalue weighted by Crippen LogP contribution is -2.45. The van der Waals surface area contributed by atoms with Crippen molar-refractivity contribution in [1.29, 1.82) is 0 Å². The summed E-state index contributed by atoms with van der Waals surface area (Å²) in [6.45, 7) is 7.60. The Morgan fingerprint density at radius 3 is 2.77 bits per heavy atom. The topological polar surface area (TPSA) is 33.7 Å². The second-order valence-electron chi connectivity index (χ2n) is 6.72. The van der Waals surface area contributed by atoms with Crippen molar-refractivity contribution in [3.8, 4) is 0 Å². The average molecular weight is 308 g/mol. The molecule has 0 aromatic heterocycles. The number of methoxy groups -OCH3 is 2. The number of hydrogen-bond acceptors (Lipinski definition) is 4. The average Bonchev–Trinajstić information content (AvgIpc) is 2.53. The van der Waals surface area contributed by atoms with Crippen LogP contribution in [0.4, 0.5) is 0 Å². The van der Waals surface area contributed by atoms with Gasteiger partial charge >= 0.3 is 0 Å². The van der Waals surface area contributed by atoms with Gasteiger partial charge in [0.1, 0.15) is 5.76 Å². The summed E-state index contributed by atoms with van der Waals surface area (Å²) in [5.41, 5.74) is 2.96. The SMILES string of the molecule is CCN(CCOC)C1CCC2=CC(NC)=C(OC)CC2(C)C1. The first kappa shape index (κ1) is 17.4. The Kier molecular flexibility index (Phi) is 5.93. The van der Waals surface area contributed by atoms with Gasteiger partial charge < -0.3 is 14.8 Å². The van der Waals surface area contributed by atoms with E-state index < -0.39 is 0 Å². The van der Waals surface area contributed by atoms with Crippen LogP contribution in [0.5, 0.6) is 0 Å². The minimum Gasteiger partial charge on any atom is -0.499 e. The maximum atomic E-state index is 5.63. The highest BCUT2D eigenvalue weighted by Gasteiger charge is 2.41. The van der Waals surface area contributed by atoms with E-state index in [4.69, 9.17) is 9.47 Å². The molecular weight excluding hydrogens is 276 g/mol. The Morgan fingerprint density at radius 2 is 2.18 bits per heavy atom. The van der Waals surface area contributed by atoms with Crippen LogP contribution in [0.25, 0.3) is 0 Å². The summed E-state index contributed by atoms with van der Waals surface area (Å²) in [6, 6.07) is 0.650. The monoisotopic (exact) mass is 308 g/mol. The first-order valence-electron chi connectivity index (χ1n) is 8.47.